The van der Waals surface area contributed by atoms with Gasteiger partial charge in [-0.15, -0.1) is 3.89 Å². The minimum atomic E-state index is -4.43. The summed E-state index contributed by atoms with van der Waals surface area (Å²) in [5.74, 6) is -0.472. The Balaban J connectivity index is 2.68. The van der Waals surface area contributed by atoms with E-state index in [2.05, 4.69) is 0 Å². The third kappa shape index (κ3) is 3.21. The van der Waals surface area contributed by atoms with Crippen molar-refractivity contribution in [3.05, 3.63) is 0 Å². The first kappa shape index (κ1) is 10.9. The summed E-state index contributed by atoms with van der Waals surface area (Å²) < 4.78 is 38.6. The van der Waals surface area contributed by atoms with Gasteiger partial charge in [-0.3, -0.25) is 0 Å². The summed E-state index contributed by atoms with van der Waals surface area (Å²) in [5.41, 5.74) is 4.85. The van der Waals surface area contributed by atoms with Gasteiger partial charge in [-0.05, 0) is 19.4 Å². The molecule has 0 amide bonds. The Morgan fingerprint density at radius 1 is 1.38 bits per heavy atom. The molecule has 0 atom stereocenters. The van der Waals surface area contributed by atoms with Gasteiger partial charge in [0, 0.05) is 18.6 Å². The molecule has 2 N–H and O–H groups in total. The Bertz CT molecular complexity index is 259. The minimum Gasteiger partial charge on any atom is -0.381 e. The highest BCUT2D eigenvalue weighted by molar-refractivity contribution is 7.86. The zero-order valence-electron chi connectivity index (χ0n) is 7.33. The van der Waals surface area contributed by atoms with E-state index in [1.54, 1.807) is 0 Å². The minimum absolute atomic E-state index is 0.194. The number of hydrogen-bond donors (Lipinski definition) is 1. The summed E-state index contributed by atoms with van der Waals surface area (Å²) in [5, 5.41) is 0. The lowest BCUT2D eigenvalue weighted by Crippen LogP contribution is -2.41. The molecule has 0 aromatic carbocycles. The van der Waals surface area contributed by atoms with Crippen molar-refractivity contribution in [2.75, 3.05) is 25.5 Å². The highest BCUT2D eigenvalue weighted by atomic mass is 32.3. The number of nitrogens with two attached hydrogens (primary N) is 1. The summed E-state index contributed by atoms with van der Waals surface area (Å²) in [6.07, 6.45) is 1.04. The quantitative estimate of drug-likeness (QED) is 0.669. The topological polar surface area (TPSA) is 69.4 Å². The highest BCUT2D eigenvalue weighted by Crippen LogP contribution is 2.31. The predicted molar refractivity (Wildman–Crippen MR) is 46.4 cm³/mol. The van der Waals surface area contributed by atoms with E-state index in [-0.39, 0.29) is 6.54 Å². The van der Waals surface area contributed by atoms with Gasteiger partial charge in [-0.25, -0.2) is 0 Å². The molecule has 1 aliphatic rings. The standard InChI is InChI=1S/C7H14FNO3S/c8-13(10,11)6-7(5-9)1-3-12-4-2-7/h1-6,9H2. The van der Waals surface area contributed by atoms with Gasteiger partial charge in [0.25, 0.3) is 0 Å². The fourth-order valence-electron chi connectivity index (χ4n) is 1.58. The molecule has 0 aliphatic carbocycles. The van der Waals surface area contributed by atoms with E-state index >= 15 is 0 Å². The molecule has 4 nitrogen and oxygen atoms in total. The zero-order valence-corrected chi connectivity index (χ0v) is 8.15. The van der Waals surface area contributed by atoms with Crippen LogP contribution in [0.5, 0.6) is 0 Å². The third-order valence-corrected chi connectivity index (χ3v) is 3.42. The molecule has 0 radical (unpaired) electrons. The maximum Gasteiger partial charge on any atom is 0.303 e. The second kappa shape index (κ2) is 3.89. The van der Waals surface area contributed by atoms with Crippen LogP contribution in [0.3, 0.4) is 0 Å². The van der Waals surface area contributed by atoms with Gasteiger partial charge in [0.15, 0.2) is 0 Å². The first-order chi connectivity index (χ1) is 5.97. The van der Waals surface area contributed by atoms with E-state index in [4.69, 9.17) is 10.5 Å². The molecule has 1 rings (SSSR count). The third-order valence-electron chi connectivity index (χ3n) is 2.47. The first-order valence-corrected chi connectivity index (χ1v) is 5.73. The van der Waals surface area contributed by atoms with Crippen molar-refractivity contribution < 1.29 is 17.0 Å². The first-order valence-electron chi connectivity index (χ1n) is 4.18. The van der Waals surface area contributed by atoms with Crippen LogP contribution in [0.1, 0.15) is 12.8 Å². The van der Waals surface area contributed by atoms with Gasteiger partial charge >= 0.3 is 10.2 Å². The molecular weight excluding hydrogens is 197 g/mol. The average Bonchev–Trinajstić information content (AvgIpc) is 2.03. The Kier molecular flexibility index (Phi) is 3.26. The summed E-state index contributed by atoms with van der Waals surface area (Å²) in [6, 6.07) is 0. The van der Waals surface area contributed by atoms with Crippen LogP contribution in [-0.2, 0) is 15.0 Å². The van der Waals surface area contributed by atoms with E-state index in [1.165, 1.54) is 0 Å². The lowest BCUT2D eigenvalue weighted by atomic mass is 9.82. The van der Waals surface area contributed by atoms with Gasteiger partial charge in [0.05, 0.1) is 5.75 Å². The summed E-state index contributed by atoms with van der Waals surface area (Å²) in [6.45, 7) is 1.12. The molecule has 0 bridgehead atoms. The van der Waals surface area contributed by atoms with Gasteiger partial charge in [0.1, 0.15) is 0 Å². The van der Waals surface area contributed by atoms with Crippen molar-refractivity contribution in [1.29, 1.82) is 0 Å². The van der Waals surface area contributed by atoms with E-state index in [1.807, 2.05) is 0 Å². The average molecular weight is 211 g/mol. The second-order valence-electron chi connectivity index (χ2n) is 3.50. The molecule has 0 spiro atoms. The van der Waals surface area contributed by atoms with Crippen molar-refractivity contribution in [3.63, 3.8) is 0 Å². The number of rotatable bonds is 3. The lowest BCUT2D eigenvalue weighted by molar-refractivity contribution is 0.0293. The Hall–Kier alpha value is -0.200. The molecular formula is C7H14FNO3S. The van der Waals surface area contributed by atoms with Crippen molar-refractivity contribution in [1.82, 2.24) is 0 Å². The van der Waals surface area contributed by atoms with E-state index in [9.17, 15) is 12.3 Å². The normalized spacial score (nSPS) is 22.9. The largest absolute Gasteiger partial charge is 0.381 e. The van der Waals surface area contributed by atoms with Crippen LogP contribution in [0.4, 0.5) is 3.89 Å². The van der Waals surface area contributed by atoms with Gasteiger partial charge in [-0.2, -0.15) is 8.42 Å². The maximum absolute atomic E-state index is 12.5. The summed E-state index contributed by atoms with van der Waals surface area (Å²) >= 11 is 0. The number of halogens is 1. The SMILES string of the molecule is NCC1(CS(=O)(=O)F)CCOCC1. The highest BCUT2D eigenvalue weighted by Gasteiger charge is 2.36. The van der Waals surface area contributed by atoms with Crippen LogP contribution in [0, 0.1) is 5.41 Å². The molecule has 0 aromatic heterocycles. The van der Waals surface area contributed by atoms with Crippen LogP contribution in [-0.4, -0.2) is 33.9 Å². The number of ether oxygens (including phenoxy) is 1. The predicted octanol–water partition coefficient (Wildman–Crippen LogP) is 0.0412. The van der Waals surface area contributed by atoms with Crippen LogP contribution < -0.4 is 5.73 Å². The van der Waals surface area contributed by atoms with Crippen molar-refractivity contribution >= 4 is 10.2 Å². The molecule has 13 heavy (non-hydrogen) atoms. The molecule has 0 saturated carbocycles. The molecule has 1 aliphatic heterocycles. The Labute approximate surface area is 77.5 Å². The van der Waals surface area contributed by atoms with Crippen molar-refractivity contribution in [2.24, 2.45) is 11.1 Å². The van der Waals surface area contributed by atoms with E-state index in [0.29, 0.717) is 26.1 Å². The van der Waals surface area contributed by atoms with Gasteiger partial charge < -0.3 is 10.5 Å². The Morgan fingerprint density at radius 3 is 2.31 bits per heavy atom. The molecule has 0 unspecified atom stereocenters. The van der Waals surface area contributed by atoms with Gasteiger partial charge in [0.2, 0.25) is 0 Å². The molecule has 1 heterocycles. The van der Waals surface area contributed by atoms with E-state index in [0.717, 1.165) is 0 Å². The molecule has 1 saturated heterocycles. The molecule has 1 fully saturated rings. The zero-order chi connectivity index (χ0) is 9.95. The van der Waals surface area contributed by atoms with Crippen LogP contribution in [0.2, 0.25) is 0 Å². The van der Waals surface area contributed by atoms with Gasteiger partial charge in [-0.1, -0.05) is 0 Å². The number of hydrogen-bond acceptors (Lipinski definition) is 4. The van der Waals surface area contributed by atoms with Crippen molar-refractivity contribution in [2.45, 2.75) is 12.8 Å². The lowest BCUT2D eigenvalue weighted by Gasteiger charge is -2.34. The monoisotopic (exact) mass is 211 g/mol. The van der Waals surface area contributed by atoms with Crippen LogP contribution in [0.15, 0.2) is 0 Å². The smallest absolute Gasteiger partial charge is 0.303 e. The summed E-state index contributed by atoms with van der Waals surface area (Å²) in [7, 11) is -4.43. The fraction of sp³-hybridized carbons (Fsp3) is 1.00. The van der Waals surface area contributed by atoms with Crippen LogP contribution >= 0.6 is 0 Å². The maximum atomic E-state index is 12.5. The van der Waals surface area contributed by atoms with Crippen molar-refractivity contribution in [3.8, 4) is 0 Å². The molecule has 0 aromatic rings. The second-order valence-corrected chi connectivity index (χ2v) is 4.87. The van der Waals surface area contributed by atoms with Crippen LogP contribution in [0.25, 0.3) is 0 Å². The molecule has 6 heteroatoms. The molecule has 78 valence electrons. The summed E-state index contributed by atoms with van der Waals surface area (Å²) in [4.78, 5) is 0. The Morgan fingerprint density at radius 2 is 1.92 bits per heavy atom. The van der Waals surface area contributed by atoms with E-state index < -0.39 is 21.4 Å². The fourth-order valence-corrected chi connectivity index (χ4v) is 2.72.